The summed E-state index contributed by atoms with van der Waals surface area (Å²) in [5.41, 5.74) is 7.72. The highest BCUT2D eigenvalue weighted by molar-refractivity contribution is 14.1. The summed E-state index contributed by atoms with van der Waals surface area (Å²) in [7, 11) is 0. The number of hydrogen-bond donors (Lipinski definition) is 3. The van der Waals surface area contributed by atoms with Crippen molar-refractivity contribution in [2.75, 3.05) is 30.0 Å². The van der Waals surface area contributed by atoms with Crippen LogP contribution in [0.4, 0.5) is 16.2 Å². The highest BCUT2D eigenvalue weighted by atomic mass is 127. The number of urea groups is 1. The average molecular weight is 657 g/mol. The van der Waals surface area contributed by atoms with Crippen molar-refractivity contribution in [2.24, 2.45) is 5.73 Å². The number of rotatable bonds is 11. The molecule has 40 heavy (non-hydrogen) atoms. The molecule has 0 saturated carbocycles. The number of carbonyl (C=O) groups is 3. The number of nitrogens with two attached hydrogens (primary N) is 1. The molecule has 4 rings (SSSR count). The largest absolute Gasteiger partial charge is 0.369 e. The second-order valence-corrected chi connectivity index (χ2v) is 10.7. The minimum absolute atomic E-state index is 0.0842. The third-order valence-electron chi connectivity index (χ3n) is 6.65. The van der Waals surface area contributed by atoms with Gasteiger partial charge in [-0.25, -0.2) is 4.79 Å². The van der Waals surface area contributed by atoms with Gasteiger partial charge in [-0.05, 0) is 84.8 Å². The number of fused-ring (bicyclic) bond motifs is 1. The van der Waals surface area contributed by atoms with Gasteiger partial charge in [0.25, 0.3) is 5.91 Å². The van der Waals surface area contributed by atoms with Crippen LogP contribution >= 0.6 is 22.6 Å². The zero-order valence-corrected chi connectivity index (χ0v) is 24.9. The van der Waals surface area contributed by atoms with Gasteiger partial charge >= 0.3 is 6.03 Å². The van der Waals surface area contributed by atoms with Crippen LogP contribution in [0.1, 0.15) is 36.1 Å². The van der Waals surface area contributed by atoms with Crippen LogP contribution in [0.15, 0.2) is 66.7 Å². The van der Waals surface area contributed by atoms with E-state index in [1.54, 1.807) is 35.2 Å². The number of carbonyl (C=O) groups excluding carboxylic acids is 3. The van der Waals surface area contributed by atoms with Gasteiger partial charge < -0.3 is 30.7 Å². The fourth-order valence-electron chi connectivity index (χ4n) is 4.98. The van der Waals surface area contributed by atoms with Crippen molar-refractivity contribution in [3.63, 3.8) is 0 Å². The monoisotopic (exact) mass is 656 g/mol. The van der Waals surface area contributed by atoms with E-state index in [-0.39, 0.29) is 13.0 Å². The molecule has 0 aromatic heterocycles. The van der Waals surface area contributed by atoms with E-state index in [9.17, 15) is 14.4 Å². The second-order valence-electron chi connectivity index (χ2n) is 9.41. The van der Waals surface area contributed by atoms with E-state index < -0.39 is 29.7 Å². The topological polar surface area (TPSA) is 123 Å². The molecule has 0 radical (unpaired) electrons. The third kappa shape index (κ3) is 6.13. The number of anilines is 2. The van der Waals surface area contributed by atoms with Crippen LogP contribution in [0.25, 0.3) is 0 Å². The number of benzene rings is 3. The molecule has 0 bridgehead atoms. The summed E-state index contributed by atoms with van der Waals surface area (Å²) in [4.78, 5) is 41.9. The Balaban J connectivity index is 1.89. The number of primary amides is 1. The Morgan fingerprint density at radius 1 is 1.00 bits per heavy atom. The van der Waals surface area contributed by atoms with Crippen LogP contribution in [-0.2, 0) is 31.0 Å². The molecule has 0 saturated heterocycles. The number of nitrogens with one attached hydrogen (secondary N) is 2. The lowest BCUT2D eigenvalue weighted by molar-refractivity contribution is -0.136. The maximum atomic E-state index is 14.6. The molecule has 210 valence electrons. The minimum atomic E-state index is -1.65. The van der Waals surface area contributed by atoms with Gasteiger partial charge in [0.1, 0.15) is 0 Å². The quantitative estimate of drug-likeness (QED) is 0.208. The summed E-state index contributed by atoms with van der Waals surface area (Å²) >= 11 is 2.18. The van der Waals surface area contributed by atoms with Crippen LogP contribution in [0, 0.1) is 10.5 Å². The number of ether oxygens (including phenoxy) is 2. The maximum Gasteiger partial charge on any atom is 0.320 e. The number of halogens is 1. The van der Waals surface area contributed by atoms with Gasteiger partial charge in [-0.3, -0.25) is 9.59 Å². The molecule has 10 heteroatoms. The first-order valence-corrected chi connectivity index (χ1v) is 14.1. The maximum absolute atomic E-state index is 14.6. The standard InChI is InChI=1S/C30H33IN4O5/c1-4-39-26(40-5-2)18-35-24-8-6-7-20(17-25(32)36)27(24)30(28(35)37,21-11-13-22(31)14-12-21)34-29(38)33-23-15-9-19(3)10-16-23/h6-16,26H,4-5,17-18H2,1-3H3,(H2,32,36)(H2,33,34,38). The summed E-state index contributed by atoms with van der Waals surface area (Å²) < 4.78 is 12.5. The van der Waals surface area contributed by atoms with Gasteiger partial charge in [0, 0.05) is 28.0 Å². The van der Waals surface area contributed by atoms with Gasteiger partial charge in [-0.1, -0.05) is 42.0 Å². The zero-order chi connectivity index (χ0) is 28.9. The average Bonchev–Trinajstić information content (AvgIpc) is 3.14. The van der Waals surface area contributed by atoms with E-state index in [0.29, 0.717) is 41.3 Å². The highest BCUT2D eigenvalue weighted by Gasteiger charge is 2.55. The molecule has 1 heterocycles. The van der Waals surface area contributed by atoms with Gasteiger partial charge in [0.05, 0.1) is 18.7 Å². The zero-order valence-electron chi connectivity index (χ0n) is 22.7. The molecule has 0 fully saturated rings. The summed E-state index contributed by atoms with van der Waals surface area (Å²) in [6, 6.07) is 19.4. The van der Waals surface area contributed by atoms with Crippen LogP contribution in [-0.4, -0.2) is 43.9 Å². The molecule has 0 spiro atoms. The normalized spacial score (nSPS) is 16.2. The third-order valence-corrected chi connectivity index (χ3v) is 7.37. The van der Waals surface area contributed by atoms with E-state index in [4.69, 9.17) is 15.2 Å². The first-order chi connectivity index (χ1) is 19.2. The van der Waals surface area contributed by atoms with Gasteiger partial charge in [-0.15, -0.1) is 0 Å². The Hall–Kier alpha value is -3.48. The number of amides is 4. The minimum Gasteiger partial charge on any atom is -0.369 e. The predicted molar refractivity (Wildman–Crippen MR) is 162 cm³/mol. The molecule has 4 N–H and O–H groups in total. The van der Waals surface area contributed by atoms with Crippen molar-refractivity contribution in [3.8, 4) is 0 Å². The number of nitrogens with zero attached hydrogens (tertiary/aromatic N) is 1. The number of aryl methyl sites for hydroxylation is 1. The van der Waals surface area contributed by atoms with Crippen molar-refractivity contribution in [2.45, 2.75) is 39.0 Å². The fourth-order valence-corrected chi connectivity index (χ4v) is 5.34. The predicted octanol–water partition coefficient (Wildman–Crippen LogP) is 4.44. The van der Waals surface area contributed by atoms with E-state index in [1.807, 2.05) is 57.2 Å². The molecule has 3 aromatic carbocycles. The molecule has 0 aliphatic carbocycles. The lowest BCUT2D eigenvalue weighted by atomic mass is 9.80. The Kier molecular flexibility index (Phi) is 9.44. The van der Waals surface area contributed by atoms with E-state index in [1.165, 1.54) is 0 Å². The Morgan fingerprint density at radius 2 is 1.65 bits per heavy atom. The molecular weight excluding hydrogens is 623 g/mol. The lowest BCUT2D eigenvalue weighted by Crippen LogP contribution is -2.56. The lowest BCUT2D eigenvalue weighted by Gasteiger charge is -2.32. The van der Waals surface area contributed by atoms with Crippen molar-refractivity contribution >= 4 is 51.8 Å². The Bertz CT molecular complexity index is 1370. The van der Waals surface area contributed by atoms with Crippen molar-refractivity contribution in [1.82, 2.24) is 5.32 Å². The summed E-state index contributed by atoms with van der Waals surface area (Å²) in [6.45, 7) is 6.52. The van der Waals surface area contributed by atoms with Crippen LogP contribution < -0.4 is 21.3 Å². The summed E-state index contributed by atoms with van der Waals surface area (Å²) in [5, 5.41) is 5.85. The first kappa shape index (κ1) is 29.5. The molecule has 3 aromatic rings. The van der Waals surface area contributed by atoms with Gasteiger partial charge in [0.15, 0.2) is 11.8 Å². The Labute approximate surface area is 247 Å². The van der Waals surface area contributed by atoms with Gasteiger partial charge in [0.2, 0.25) is 5.91 Å². The van der Waals surface area contributed by atoms with Crippen LogP contribution in [0.3, 0.4) is 0 Å². The molecule has 1 aliphatic rings. The summed E-state index contributed by atoms with van der Waals surface area (Å²) in [5.74, 6) is -0.953. The van der Waals surface area contributed by atoms with Crippen molar-refractivity contribution in [1.29, 1.82) is 0 Å². The first-order valence-electron chi connectivity index (χ1n) is 13.1. The fraction of sp³-hybridized carbons (Fsp3) is 0.300. The molecular formula is C30H33IN4O5. The van der Waals surface area contributed by atoms with Crippen LogP contribution in [0.5, 0.6) is 0 Å². The smallest absolute Gasteiger partial charge is 0.320 e. The molecule has 1 aliphatic heterocycles. The Morgan fingerprint density at radius 3 is 2.25 bits per heavy atom. The molecule has 4 amide bonds. The second kappa shape index (κ2) is 12.8. The molecule has 9 nitrogen and oxygen atoms in total. The van der Waals surface area contributed by atoms with Crippen molar-refractivity contribution in [3.05, 3.63) is 92.6 Å². The van der Waals surface area contributed by atoms with E-state index in [2.05, 4.69) is 33.2 Å². The van der Waals surface area contributed by atoms with Crippen LogP contribution in [0.2, 0.25) is 0 Å². The molecule has 1 atom stereocenters. The van der Waals surface area contributed by atoms with Crippen molar-refractivity contribution < 1.29 is 23.9 Å². The van der Waals surface area contributed by atoms with E-state index in [0.717, 1.165) is 9.13 Å². The SMILES string of the molecule is CCOC(CN1C(=O)C(NC(=O)Nc2ccc(C)cc2)(c2ccc(I)cc2)c2c(CC(N)=O)cccc21)OCC. The van der Waals surface area contributed by atoms with Gasteiger partial charge in [-0.2, -0.15) is 0 Å². The molecule has 1 unspecified atom stereocenters. The highest BCUT2D eigenvalue weighted by Crippen LogP contribution is 2.47. The number of hydrogen-bond acceptors (Lipinski definition) is 5. The summed E-state index contributed by atoms with van der Waals surface area (Å²) in [6.07, 6.45) is -0.807. The van der Waals surface area contributed by atoms with E-state index >= 15 is 0 Å².